The van der Waals surface area contributed by atoms with Gasteiger partial charge in [0.2, 0.25) is 11.2 Å². The molecule has 64 heavy (non-hydrogen) atoms. The van der Waals surface area contributed by atoms with Crippen LogP contribution in [0.4, 0.5) is 0 Å². The number of phenols is 1. The van der Waals surface area contributed by atoms with E-state index in [1.807, 2.05) is 66.7 Å². The summed E-state index contributed by atoms with van der Waals surface area (Å²) in [7, 11) is 0. The Morgan fingerprint density at radius 3 is 2.33 bits per heavy atom. The number of fused-ring (bicyclic) bond motifs is 1. The first-order chi connectivity index (χ1) is 31.1. The Balaban J connectivity index is 0.826. The third-order valence-corrected chi connectivity index (χ3v) is 13.1. The van der Waals surface area contributed by atoms with Gasteiger partial charge in [-0.15, -0.1) is 11.3 Å². The van der Waals surface area contributed by atoms with Crippen LogP contribution in [0.3, 0.4) is 0 Å². The van der Waals surface area contributed by atoms with Crippen molar-refractivity contribution in [2.24, 2.45) is 5.92 Å². The Morgan fingerprint density at radius 2 is 1.56 bits per heavy atom. The van der Waals surface area contributed by atoms with Crippen LogP contribution in [0.15, 0.2) is 150 Å². The topological polar surface area (TPSA) is 164 Å². The summed E-state index contributed by atoms with van der Waals surface area (Å²) in [5, 5.41) is 40.1. The lowest BCUT2D eigenvalue weighted by molar-refractivity contribution is -0.164. The fourth-order valence-corrected chi connectivity index (χ4v) is 9.29. The first-order valence-corrected chi connectivity index (χ1v) is 22.5. The van der Waals surface area contributed by atoms with Gasteiger partial charge in [-0.1, -0.05) is 97.1 Å². The van der Waals surface area contributed by atoms with Crippen molar-refractivity contribution in [2.45, 2.75) is 44.1 Å². The van der Waals surface area contributed by atoms with Gasteiger partial charge in [0.15, 0.2) is 0 Å². The van der Waals surface area contributed by atoms with E-state index in [2.05, 4.69) is 44.8 Å². The lowest BCUT2D eigenvalue weighted by atomic mass is 9.85. The Morgan fingerprint density at radius 1 is 0.828 bits per heavy atom. The number of aromatic amines is 1. The second-order valence-corrected chi connectivity index (χ2v) is 17.5. The molecule has 0 aliphatic carbocycles. The van der Waals surface area contributed by atoms with Gasteiger partial charge in [0, 0.05) is 58.5 Å². The number of piperidine rings is 1. The minimum absolute atomic E-state index is 0.0623. The molecular weight excluding hydrogens is 825 g/mol. The average molecular weight is 877 g/mol. The summed E-state index contributed by atoms with van der Waals surface area (Å²) in [6, 6.07) is 44.2. The maximum atomic E-state index is 14.0. The third kappa shape index (κ3) is 10.5. The zero-order valence-corrected chi connectivity index (χ0v) is 36.2. The van der Waals surface area contributed by atoms with Crippen LogP contribution >= 0.6 is 11.3 Å². The second kappa shape index (κ2) is 20.4. The number of nitrogens with one attached hydrogen (secondary N) is 3. The molecule has 6 N–H and O–H groups in total. The molecule has 0 radical (unpaired) electrons. The highest BCUT2D eigenvalue weighted by Crippen LogP contribution is 2.36. The molecule has 5 aromatic carbocycles. The maximum absolute atomic E-state index is 14.0. The van der Waals surface area contributed by atoms with Crippen LogP contribution in [0.5, 0.6) is 5.75 Å². The highest BCUT2D eigenvalue weighted by molar-refractivity contribution is 7.15. The second-order valence-electron chi connectivity index (χ2n) is 16.4. The van der Waals surface area contributed by atoms with E-state index >= 15 is 0 Å². The average Bonchev–Trinajstić information content (AvgIpc) is 3.81. The number of likely N-dealkylation sites (tertiary alicyclic amines) is 1. The number of benzene rings is 5. The highest BCUT2D eigenvalue weighted by Gasteiger charge is 2.42. The lowest BCUT2D eigenvalue weighted by Crippen LogP contribution is -2.40. The molecule has 1 aliphatic rings. The minimum atomic E-state index is -2.00. The minimum Gasteiger partial charge on any atom is -0.506 e. The number of carbonyl (C=O) groups is 2. The van der Waals surface area contributed by atoms with Crippen LogP contribution in [0.25, 0.3) is 21.3 Å². The van der Waals surface area contributed by atoms with E-state index < -0.39 is 17.7 Å². The van der Waals surface area contributed by atoms with Gasteiger partial charge in [-0.2, -0.15) is 0 Å². The van der Waals surface area contributed by atoms with E-state index in [4.69, 9.17) is 4.74 Å². The number of carbonyl (C=O) groups excluding carboxylic acids is 2. The number of pyridine rings is 1. The molecular formula is C52H52N4O7S. The molecule has 0 spiro atoms. The van der Waals surface area contributed by atoms with Crippen molar-refractivity contribution in [2.75, 3.05) is 32.8 Å². The van der Waals surface area contributed by atoms with E-state index in [0.29, 0.717) is 47.2 Å². The van der Waals surface area contributed by atoms with Crippen molar-refractivity contribution in [1.29, 1.82) is 0 Å². The van der Waals surface area contributed by atoms with Gasteiger partial charge in [-0.05, 0) is 109 Å². The third-order valence-electron chi connectivity index (χ3n) is 11.9. The van der Waals surface area contributed by atoms with Crippen LogP contribution in [0.2, 0.25) is 0 Å². The summed E-state index contributed by atoms with van der Waals surface area (Å²) in [6.45, 7) is 4.14. The Kier molecular flexibility index (Phi) is 14.1. The summed E-state index contributed by atoms with van der Waals surface area (Å²) >= 11 is 1.60. The summed E-state index contributed by atoms with van der Waals surface area (Å²) in [6.07, 6.45) is 1.57. The molecule has 2 unspecified atom stereocenters. The zero-order valence-electron chi connectivity index (χ0n) is 35.4. The Hall–Kier alpha value is -6.41. The normalized spacial score (nSPS) is 14.8. The largest absolute Gasteiger partial charge is 0.506 e. The molecule has 0 saturated carbocycles. The van der Waals surface area contributed by atoms with Crippen molar-refractivity contribution < 1.29 is 29.6 Å². The predicted octanol–water partition coefficient (Wildman–Crippen LogP) is 7.45. The van der Waals surface area contributed by atoms with E-state index in [0.717, 1.165) is 53.4 Å². The van der Waals surface area contributed by atoms with Gasteiger partial charge >= 0.3 is 5.97 Å². The van der Waals surface area contributed by atoms with Crippen LogP contribution in [0.1, 0.15) is 62.0 Å². The Bertz CT molecular complexity index is 2730. The summed E-state index contributed by atoms with van der Waals surface area (Å²) < 4.78 is 5.95. The number of amides is 1. The maximum Gasteiger partial charge on any atom is 0.347 e. The Labute approximate surface area is 376 Å². The number of nitrogens with zero attached hydrogens (tertiary/aromatic N) is 1. The zero-order chi connectivity index (χ0) is 44.5. The number of aliphatic hydroxyl groups excluding tert-OH is 1. The SMILES string of the molecule is O=C(NCCc1ccc(-c2cccc(C(O)(C(=O)OCC3CCN(Cc4ccccc4)CC3)c3ccccc3)c2)s1)c1ccc(CNCC(O)c2ccc(O)c3[nH]c(=O)ccc23)cc1. The van der Waals surface area contributed by atoms with E-state index in [1.165, 1.54) is 17.7 Å². The standard InChI is InChI=1S/C52H52N4O7S/c57-45-21-19-43(44-20-23-48(59)55-49(44)45)46(58)32-53-31-35-14-16-38(17-15-35)50(60)54-27-24-42-18-22-47(64-42)39-10-7-13-41(30-39)52(62,40-11-5-2-6-12-40)51(61)63-34-37-25-28-56(29-26-37)33-36-8-3-1-4-9-36/h1-23,30,37,46,53,57-58,62H,24-29,31-34H2,(H,54,60)(H,55,59). The van der Waals surface area contributed by atoms with Crippen molar-refractivity contribution in [3.8, 4) is 16.2 Å². The predicted molar refractivity (Wildman–Crippen MR) is 250 cm³/mol. The number of thiophene rings is 1. The molecule has 1 fully saturated rings. The fraction of sp³-hybridized carbons (Fsp3) is 0.250. The number of phenolic OH excluding ortho intramolecular Hbond substituents is 1. The van der Waals surface area contributed by atoms with Crippen LogP contribution in [0, 0.1) is 5.92 Å². The molecule has 2 atom stereocenters. The van der Waals surface area contributed by atoms with Crippen molar-refractivity contribution in [3.05, 3.63) is 194 Å². The molecule has 11 nitrogen and oxygen atoms in total. The number of aromatic nitrogens is 1. The quantitative estimate of drug-likeness (QED) is 0.0511. The first-order valence-electron chi connectivity index (χ1n) is 21.7. The van der Waals surface area contributed by atoms with Gasteiger partial charge in [0.05, 0.1) is 18.2 Å². The van der Waals surface area contributed by atoms with Crippen molar-refractivity contribution >= 4 is 34.1 Å². The first kappa shape index (κ1) is 44.2. The molecule has 328 valence electrons. The van der Waals surface area contributed by atoms with Gasteiger partial charge in [0.1, 0.15) is 5.75 Å². The number of H-pyrrole nitrogens is 1. The highest BCUT2D eigenvalue weighted by atomic mass is 32.1. The summed E-state index contributed by atoms with van der Waals surface area (Å²) in [4.78, 5) is 45.8. The number of aliphatic hydroxyl groups is 2. The van der Waals surface area contributed by atoms with Gasteiger partial charge in [-0.3, -0.25) is 14.5 Å². The van der Waals surface area contributed by atoms with E-state index in [9.17, 15) is 29.7 Å². The molecule has 2 aromatic heterocycles. The fourth-order valence-electron chi connectivity index (χ4n) is 8.29. The molecule has 1 saturated heterocycles. The van der Waals surface area contributed by atoms with Crippen molar-refractivity contribution in [3.63, 3.8) is 0 Å². The number of aromatic hydroxyl groups is 1. The smallest absolute Gasteiger partial charge is 0.347 e. The number of hydrogen-bond donors (Lipinski definition) is 6. The molecule has 7 aromatic rings. The number of rotatable bonds is 17. The van der Waals surface area contributed by atoms with Gasteiger partial charge in [0.25, 0.3) is 5.91 Å². The monoisotopic (exact) mass is 876 g/mol. The van der Waals surface area contributed by atoms with Crippen LogP contribution in [-0.2, 0) is 34.6 Å². The molecule has 0 bridgehead atoms. The number of esters is 1. The van der Waals surface area contributed by atoms with Crippen LogP contribution < -0.4 is 16.2 Å². The number of ether oxygens (including phenoxy) is 1. The molecule has 8 rings (SSSR count). The summed E-state index contributed by atoms with van der Waals surface area (Å²) in [5.74, 6) is -0.714. The van der Waals surface area contributed by atoms with E-state index in [1.54, 1.807) is 53.8 Å². The molecule has 1 aliphatic heterocycles. The van der Waals surface area contributed by atoms with Crippen molar-refractivity contribution in [1.82, 2.24) is 20.5 Å². The lowest BCUT2D eigenvalue weighted by Gasteiger charge is -2.33. The molecule has 3 heterocycles. The molecule has 1 amide bonds. The summed E-state index contributed by atoms with van der Waals surface area (Å²) in [5.41, 5.74) is 3.03. The van der Waals surface area contributed by atoms with Crippen LogP contribution in [-0.4, -0.2) is 69.9 Å². The molecule has 12 heteroatoms. The van der Waals surface area contributed by atoms with E-state index in [-0.39, 0.29) is 41.8 Å². The van der Waals surface area contributed by atoms with Gasteiger partial charge < -0.3 is 35.7 Å². The number of hydrogen-bond acceptors (Lipinski definition) is 10. The van der Waals surface area contributed by atoms with Gasteiger partial charge in [-0.25, -0.2) is 4.79 Å².